The number of carbonyl (C=O) groups excluding carboxylic acids is 2. The van der Waals surface area contributed by atoms with Crippen molar-refractivity contribution in [3.05, 3.63) is 11.9 Å². The van der Waals surface area contributed by atoms with Crippen molar-refractivity contribution in [1.82, 2.24) is 4.90 Å². The molecule has 1 saturated carbocycles. The summed E-state index contributed by atoms with van der Waals surface area (Å²) in [6.45, 7) is 5.19. The minimum Gasteiger partial charge on any atom is -0.403 e. The first-order valence-electron chi connectivity index (χ1n) is 5.25. The normalized spacial score (nSPS) is 16.7. The standard InChI is InChI=1S/C11H18N2O2/c1-7(2)13(10(6-12)8(3)14)11(15)9-4-5-9/h6-7,9H,4-5,12H2,1-3H3/b10-6+. The zero-order valence-corrected chi connectivity index (χ0v) is 9.49. The average molecular weight is 210 g/mol. The van der Waals surface area contributed by atoms with E-state index in [9.17, 15) is 9.59 Å². The predicted molar refractivity (Wildman–Crippen MR) is 57.7 cm³/mol. The first-order chi connectivity index (χ1) is 6.99. The van der Waals surface area contributed by atoms with Gasteiger partial charge in [-0.2, -0.15) is 0 Å². The van der Waals surface area contributed by atoms with Crippen LogP contribution in [-0.2, 0) is 9.59 Å². The van der Waals surface area contributed by atoms with Crippen LogP contribution in [0.3, 0.4) is 0 Å². The van der Waals surface area contributed by atoms with Crippen LogP contribution in [0.25, 0.3) is 0 Å². The lowest BCUT2D eigenvalue weighted by Crippen LogP contribution is -2.39. The van der Waals surface area contributed by atoms with E-state index in [4.69, 9.17) is 5.73 Å². The van der Waals surface area contributed by atoms with E-state index in [0.29, 0.717) is 5.70 Å². The number of rotatable bonds is 4. The van der Waals surface area contributed by atoms with Crippen LogP contribution in [0.5, 0.6) is 0 Å². The highest BCUT2D eigenvalue weighted by molar-refractivity contribution is 5.98. The SMILES string of the molecule is CC(=O)/C(=C\N)N(C(=O)C1CC1)C(C)C. The second-order valence-electron chi connectivity index (χ2n) is 4.18. The topological polar surface area (TPSA) is 63.4 Å². The molecule has 1 fully saturated rings. The van der Waals surface area contributed by atoms with E-state index in [2.05, 4.69) is 0 Å². The van der Waals surface area contributed by atoms with Crippen molar-refractivity contribution in [2.24, 2.45) is 11.7 Å². The molecule has 0 atom stereocenters. The molecule has 0 aromatic heterocycles. The molecule has 0 saturated heterocycles. The Morgan fingerprint density at radius 3 is 2.20 bits per heavy atom. The van der Waals surface area contributed by atoms with Crippen LogP contribution < -0.4 is 5.73 Å². The number of carbonyl (C=O) groups is 2. The maximum Gasteiger partial charge on any atom is 0.230 e. The van der Waals surface area contributed by atoms with Gasteiger partial charge in [-0.05, 0) is 26.7 Å². The Balaban J connectivity index is 2.90. The zero-order valence-electron chi connectivity index (χ0n) is 9.49. The Labute approximate surface area is 90.1 Å². The van der Waals surface area contributed by atoms with Crippen molar-refractivity contribution in [2.75, 3.05) is 0 Å². The highest BCUT2D eigenvalue weighted by atomic mass is 16.2. The van der Waals surface area contributed by atoms with E-state index in [1.807, 2.05) is 13.8 Å². The first-order valence-corrected chi connectivity index (χ1v) is 5.25. The summed E-state index contributed by atoms with van der Waals surface area (Å²) in [5.74, 6) is -0.0428. The van der Waals surface area contributed by atoms with Crippen molar-refractivity contribution in [3.8, 4) is 0 Å². The van der Waals surface area contributed by atoms with Crippen LogP contribution in [0.1, 0.15) is 33.6 Å². The molecule has 4 heteroatoms. The molecule has 0 aliphatic heterocycles. The number of allylic oxidation sites excluding steroid dienone is 1. The van der Waals surface area contributed by atoms with Gasteiger partial charge in [0.15, 0.2) is 5.78 Å². The molecular formula is C11H18N2O2. The molecule has 84 valence electrons. The lowest BCUT2D eigenvalue weighted by atomic mass is 10.2. The summed E-state index contributed by atoms with van der Waals surface area (Å²) < 4.78 is 0. The molecule has 2 N–H and O–H groups in total. The van der Waals surface area contributed by atoms with Gasteiger partial charge < -0.3 is 10.6 Å². The number of ketones is 1. The molecule has 1 aliphatic carbocycles. The highest BCUT2D eigenvalue weighted by Crippen LogP contribution is 2.32. The summed E-state index contributed by atoms with van der Waals surface area (Å²) in [5.41, 5.74) is 5.70. The third-order valence-corrected chi connectivity index (χ3v) is 2.46. The summed E-state index contributed by atoms with van der Waals surface area (Å²) >= 11 is 0. The Bertz CT molecular complexity index is 304. The lowest BCUT2D eigenvalue weighted by molar-refractivity contribution is -0.134. The molecular weight excluding hydrogens is 192 g/mol. The Hall–Kier alpha value is -1.32. The third-order valence-electron chi connectivity index (χ3n) is 2.46. The van der Waals surface area contributed by atoms with Gasteiger partial charge in [0.05, 0.1) is 0 Å². The predicted octanol–water partition coefficient (Wildman–Crippen LogP) is 1.02. The number of amides is 1. The molecule has 15 heavy (non-hydrogen) atoms. The van der Waals surface area contributed by atoms with Gasteiger partial charge in [-0.1, -0.05) is 0 Å². The van der Waals surface area contributed by atoms with Crippen molar-refractivity contribution in [1.29, 1.82) is 0 Å². The fraction of sp³-hybridized carbons (Fsp3) is 0.636. The fourth-order valence-corrected chi connectivity index (χ4v) is 1.55. The van der Waals surface area contributed by atoms with Crippen LogP contribution in [-0.4, -0.2) is 22.6 Å². The number of hydrogen-bond donors (Lipinski definition) is 1. The Morgan fingerprint density at radius 1 is 1.40 bits per heavy atom. The lowest BCUT2D eigenvalue weighted by Gasteiger charge is -2.27. The number of nitrogens with zero attached hydrogens (tertiary/aromatic N) is 1. The molecule has 0 spiro atoms. The van der Waals surface area contributed by atoms with Crippen molar-refractivity contribution in [2.45, 2.75) is 39.7 Å². The maximum absolute atomic E-state index is 11.9. The molecule has 1 amide bonds. The number of nitrogens with two attached hydrogens (primary N) is 1. The minimum absolute atomic E-state index is 0.0249. The van der Waals surface area contributed by atoms with Gasteiger partial charge in [-0.25, -0.2) is 0 Å². The molecule has 0 aromatic rings. The van der Waals surface area contributed by atoms with Gasteiger partial charge in [-0.3, -0.25) is 9.59 Å². The summed E-state index contributed by atoms with van der Waals surface area (Å²) in [6.07, 6.45) is 3.08. The van der Waals surface area contributed by atoms with E-state index < -0.39 is 0 Å². The summed E-state index contributed by atoms with van der Waals surface area (Å²) in [5, 5.41) is 0. The van der Waals surface area contributed by atoms with E-state index in [1.165, 1.54) is 18.0 Å². The first kappa shape index (κ1) is 11.8. The molecule has 0 heterocycles. The van der Waals surface area contributed by atoms with E-state index in [0.717, 1.165) is 12.8 Å². The minimum atomic E-state index is -0.166. The molecule has 0 bridgehead atoms. The Morgan fingerprint density at radius 2 is 1.93 bits per heavy atom. The Kier molecular flexibility index (Phi) is 3.50. The highest BCUT2D eigenvalue weighted by Gasteiger charge is 2.36. The van der Waals surface area contributed by atoms with Gasteiger partial charge in [0, 0.05) is 25.1 Å². The van der Waals surface area contributed by atoms with E-state index in [1.54, 1.807) is 0 Å². The number of hydrogen-bond acceptors (Lipinski definition) is 3. The van der Waals surface area contributed by atoms with Gasteiger partial charge in [0.25, 0.3) is 0 Å². The second-order valence-corrected chi connectivity index (χ2v) is 4.18. The second kappa shape index (κ2) is 4.47. The fourth-order valence-electron chi connectivity index (χ4n) is 1.55. The summed E-state index contributed by atoms with van der Waals surface area (Å²) in [6, 6.07) is -0.0307. The maximum atomic E-state index is 11.9. The van der Waals surface area contributed by atoms with Crippen LogP contribution in [0, 0.1) is 5.92 Å². The van der Waals surface area contributed by atoms with E-state index >= 15 is 0 Å². The quantitative estimate of drug-likeness (QED) is 0.705. The molecule has 0 aromatic carbocycles. The average Bonchev–Trinajstić information content (AvgIpc) is 2.94. The third kappa shape index (κ3) is 2.58. The van der Waals surface area contributed by atoms with Crippen molar-refractivity contribution >= 4 is 11.7 Å². The molecule has 0 radical (unpaired) electrons. The van der Waals surface area contributed by atoms with Crippen LogP contribution in [0.2, 0.25) is 0 Å². The summed E-state index contributed by atoms with van der Waals surface area (Å²) in [4.78, 5) is 24.8. The monoisotopic (exact) mass is 210 g/mol. The van der Waals surface area contributed by atoms with Gasteiger partial charge in [0.1, 0.15) is 5.70 Å². The van der Waals surface area contributed by atoms with E-state index in [-0.39, 0.29) is 23.7 Å². The molecule has 4 nitrogen and oxygen atoms in total. The van der Waals surface area contributed by atoms with Gasteiger partial charge >= 0.3 is 0 Å². The van der Waals surface area contributed by atoms with Crippen LogP contribution >= 0.6 is 0 Å². The van der Waals surface area contributed by atoms with Crippen LogP contribution in [0.15, 0.2) is 11.9 Å². The number of Topliss-reactive ketones (excluding diaryl/α,β-unsaturated/α-hetero) is 1. The van der Waals surface area contributed by atoms with Crippen LogP contribution in [0.4, 0.5) is 0 Å². The molecule has 1 aliphatic rings. The zero-order chi connectivity index (χ0) is 11.6. The smallest absolute Gasteiger partial charge is 0.230 e. The molecule has 0 unspecified atom stereocenters. The summed E-state index contributed by atoms with van der Waals surface area (Å²) in [7, 11) is 0. The van der Waals surface area contributed by atoms with Crippen molar-refractivity contribution in [3.63, 3.8) is 0 Å². The van der Waals surface area contributed by atoms with Gasteiger partial charge in [0.2, 0.25) is 5.91 Å². The van der Waals surface area contributed by atoms with Crippen molar-refractivity contribution < 1.29 is 9.59 Å². The largest absolute Gasteiger partial charge is 0.403 e. The molecule has 1 rings (SSSR count). The van der Waals surface area contributed by atoms with Gasteiger partial charge in [-0.15, -0.1) is 0 Å².